The molecule has 0 aliphatic rings. The van der Waals surface area contributed by atoms with Crippen LogP contribution in [-0.4, -0.2) is 18.3 Å². The molecule has 1 aromatic carbocycles. The Bertz CT molecular complexity index is 323. The monoisotopic (exact) mass is 237 g/mol. The maximum Gasteiger partial charge on any atom is 0.0133 e. The number of hydrogen-bond acceptors (Lipinski definition) is 2. The van der Waals surface area contributed by atoms with E-state index in [-0.39, 0.29) is 0 Å². The zero-order valence-electron chi connectivity index (χ0n) is 10.8. The van der Waals surface area contributed by atoms with E-state index in [1.807, 2.05) is 11.8 Å². The van der Waals surface area contributed by atoms with Gasteiger partial charge >= 0.3 is 0 Å². The second-order valence-electron chi connectivity index (χ2n) is 4.41. The SMILES string of the molecule is CCCNC(C)CSc1ccc(C)c(C)c1. The Morgan fingerprint density at radius 3 is 2.62 bits per heavy atom. The second-order valence-corrected chi connectivity index (χ2v) is 5.51. The zero-order valence-corrected chi connectivity index (χ0v) is 11.7. The summed E-state index contributed by atoms with van der Waals surface area (Å²) in [7, 11) is 0. The molecule has 0 saturated heterocycles. The molecule has 1 atom stereocenters. The van der Waals surface area contributed by atoms with Crippen molar-refractivity contribution in [1.29, 1.82) is 0 Å². The van der Waals surface area contributed by atoms with Crippen molar-refractivity contribution < 1.29 is 0 Å². The van der Waals surface area contributed by atoms with Gasteiger partial charge in [-0.2, -0.15) is 0 Å². The number of hydrogen-bond donors (Lipinski definition) is 1. The van der Waals surface area contributed by atoms with Crippen molar-refractivity contribution in [3.05, 3.63) is 29.3 Å². The summed E-state index contributed by atoms with van der Waals surface area (Å²) in [5.74, 6) is 1.14. The van der Waals surface area contributed by atoms with Crippen LogP contribution >= 0.6 is 11.8 Å². The van der Waals surface area contributed by atoms with Gasteiger partial charge in [-0.3, -0.25) is 0 Å². The molecular weight excluding hydrogens is 214 g/mol. The summed E-state index contributed by atoms with van der Waals surface area (Å²) in [5.41, 5.74) is 2.76. The van der Waals surface area contributed by atoms with Gasteiger partial charge in [0.05, 0.1) is 0 Å². The molecule has 0 amide bonds. The topological polar surface area (TPSA) is 12.0 Å². The average Bonchev–Trinajstić information content (AvgIpc) is 2.28. The van der Waals surface area contributed by atoms with Crippen LogP contribution in [-0.2, 0) is 0 Å². The van der Waals surface area contributed by atoms with Crippen LogP contribution in [0.3, 0.4) is 0 Å². The Morgan fingerprint density at radius 2 is 2.00 bits per heavy atom. The Morgan fingerprint density at radius 1 is 1.25 bits per heavy atom. The van der Waals surface area contributed by atoms with E-state index in [0.717, 1.165) is 12.3 Å². The van der Waals surface area contributed by atoms with E-state index < -0.39 is 0 Å². The minimum Gasteiger partial charge on any atom is -0.313 e. The van der Waals surface area contributed by atoms with Crippen molar-refractivity contribution in [2.45, 2.75) is 45.1 Å². The molecule has 0 bridgehead atoms. The highest BCUT2D eigenvalue weighted by molar-refractivity contribution is 7.99. The van der Waals surface area contributed by atoms with E-state index in [0.29, 0.717) is 6.04 Å². The van der Waals surface area contributed by atoms with Gasteiger partial charge in [0, 0.05) is 16.7 Å². The number of thioether (sulfide) groups is 1. The van der Waals surface area contributed by atoms with Crippen LogP contribution in [0.4, 0.5) is 0 Å². The molecule has 0 radical (unpaired) electrons. The molecule has 1 nitrogen and oxygen atoms in total. The van der Waals surface area contributed by atoms with E-state index in [9.17, 15) is 0 Å². The molecule has 1 N–H and O–H groups in total. The van der Waals surface area contributed by atoms with E-state index >= 15 is 0 Å². The molecule has 90 valence electrons. The van der Waals surface area contributed by atoms with Crippen LogP contribution in [0.2, 0.25) is 0 Å². The van der Waals surface area contributed by atoms with Crippen molar-refractivity contribution in [2.75, 3.05) is 12.3 Å². The number of benzene rings is 1. The molecule has 0 fully saturated rings. The van der Waals surface area contributed by atoms with Gasteiger partial charge in [0.25, 0.3) is 0 Å². The lowest BCUT2D eigenvalue weighted by Crippen LogP contribution is -2.28. The largest absolute Gasteiger partial charge is 0.313 e. The van der Waals surface area contributed by atoms with E-state index in [1.54, 1.807) is 0 Å². The van der Waals surface area contributed by atoms with Gasteiger partial charge < -0.3 is 5.32 Å². The Hall–Kier alpha value is -0.470. The Balaban J connectivity index is 2.39. The summed E-state index contributed by atoms with van der Waals surface area (Å²) in [4.78, 5) is 1.38. The van der Waals surface area contributed by atoms with Crippen molar-refractivity contribution >= 4 is 11.8 Å². The zero-order chi connectivity index (χ0) is 12.0. The summed E-state index contributed by atoms with van der Waals surface area (Å²) < 4.78 is 0. The highest BCUT2D eigenvalue weighted by atomic mass is 32.2. The quantitative estimate of drug-likeness (QED) is 0.756. The van der Waals surface area contributed by atoms with Gasteiger partial charge in [0.1, 0.15) is 0 Å². The molecule has 2 heteroatoms. The van der Waals surface area contributed by atoms with Crippen molar-refractivity contribution in [3.63, 3.8) is 0 Å². The Kier molecular flexibility index (Phi) is 5.93. The van der Waals surface area contributed by atoms with Gasteiger partial charge in [-0.05, 0) is 57.0 Å². The van der Waals surface area contributed by atoms with E-state index in [2.05, 4.69) is 51.2 Å². The summed E-state index contributed by atoms with van der Waals surface area (Å²) >= 11 is 1.94. The van der Waals surface area contributed by atoms with Crippen LogP contribution in [0.25, 0.3) is 0 Å². The maximum absolute atomic E-state index is 3.51. The van der Waals surface area contributed by atoms with Crippen molar-refractivity contribution in [3.8, 4) is 0 Å². The fourth-order valence-electron chi connectivity index (χ4n) is 1.47. The van der Waals surface area contributed by atoms with Gasteiger partial charge in [-0.15, -0.1) is 11.8 Å². The highest BCUT2D eigenvalue weighted by Gasteiger charge is 2.02. The third-order valence-corrected chi connectivity index (χ3v) is 3.98. The van der Waals surface area contributed by atoms with Gasteiger partial charge in [0.15, 0.2) is 0 Å². The third-order valence-electron chi connectivity index (χ3n) is 2.72. The number of nitrogens with one attached hydrogen (secondary N) is 1. The smallest absolute Gasteiger partial charge is 0.0133 e. The molecule has 1 aromatic rings. The molecule has 0 spiro atoms. The lowest BCUT2D eigenvalue weighted by molar-refractivity contribution is 0.590. The molecule has 1 unspecified atom stereocenters. The fourth-order valence-corrected chi connectivity index (χ4v) is 2.46. The predicted octanol–water partition coefficient (Wildman–Crippen LogP) is 3.78. The molecule has 0 aliphatic carbocycles. The van der Waals surface area contributed by atoms with Crippen LogP contribution in [0.1, 0.15) is 31.4 Å². The second kappa shape index (κ2) is 6.97. The average molecular weight is 237 g/mol. The molecule has 16 heavy (non-hydrogen) atoms. The molecule has 1 rings (SSSR count). The first-order valence-corrected chi connectivity index (χ1v) is 7.05. The molecule has 0 saturated carbocycles. The highest BCUT2D eigenvalue weighted by Crippen LogP contribution is 2.21. The van der Waals surface area contributed by atoms with Gasteiger partial charge in [-0.25, -0.2) is 0 Å². The predicted molar refractivity (Wildman–Crippen MR) is 74.4 cm³/mol. The van der Waals surface area contributed by atoms with Gasteiger partial charge in [-0.1, -0.05) is 13.0 Å². The maximum atomic E-state index is 3.51. The van der Waals surface area contributed by atoms with Crippen LogP contribution in [0, 0.1) is 13.8 Å². The summed E-state index contributed by atoms with van der Waals surface area (Å²) in [6.07, 6.45) is 1.21. The van der Waals surface area contributed by atoms with Crippen LogP contribution in [0.15, 0.2) is 23.1 Å². The van der Waals surface area contributed by atoms with Crippen molar-refractivity contribution in [2.24, 2.45) is 0 Å². The summed E-state index contributed by atoms with van der Waals surface area (Å²) in [6.45, 7) is 9.92. The van der Waals surface area contributed by atoms with Crippen LogP contribution in [0.5, 0.6) is 0 Å². The van der Waals surface area contributed by atoms with E-state index in [4.69, 9.17) is 0 Å². The van der Waals surface area contributed by atoms with Crippen molar-refractivity contribution in [1.82, 2.24) is 5.32 Å². The lowest BCUT2D eigenvalue weighted by atomic mass is 10.1. The molecule has 0 aliphatic heterocycles. The van der Waals surface area contributed by atoms with Crippen LogP contribution < -0.4 is 5.32 Å². The standard InChI is InChI=1S/C14H23NS/c1-5-8-15-13(4)10-16-14-7-6-11(2)12(3)9-14/h6-7,9,13,15H,5,8,10H2,1-4H3. The fraction of sp³-hybridized carbons (Fsp3) is 0.571. The minimum atomic E-state index is 0.589. The molecule has 0 heterocycles. The first kappa shape index (κ1) is 13.6. The number of aryl methyl sites for hydroxylation is 2. The van der Waals surface area contributed by atoms with Gasteiger partial charge in [0.2, 0.25) is 0 Å². The summed E-state index contributed by atoms with van der Waals surface area (Å²) in [6, 6.07) is 7.31. The summed E-state index contributed by atoms with van der Waals surface area (Å²) in [5, 5.41) is 3.51. The number of rotatable bonds is 6. The third kappa shape index (κ3) is 4.58. The lowest BCUT2D eigenvalue weighted by Gasteiger charge is -2.13. The first-order valence-electron chi connectivity index (χ1n) is 6.07. The molecule has 0 aromatic heterocycles. The Labute approximate surface area is 104 Å². The molecular formula is C14H23NS. The minimum absolute atomic E-state index is 0.589. The first-order chi connectivity index (χ1) is 7.63. The normalized spacial score (nSPS) is 12.8. The van der Waals surface area contributed by atoms with E-state index in [1.165, 1.54) is 22.4 Å².